The van der Waals surface area contributed by atoms with E-state index < -0.39 is 0 Å². The summed E-state index contributed by atoms with van der Waals surface area (Å²) < 4.78 is 2.19. The second kappa shape index (κ2) is 9.25. The molecule has 6 rings (SSSR count). The van der Waals surface area contributed by atoms with E-state index in [2.05, 4.69) is 76.1 Å². The number of para-hydroxylation sites is 2. The molecule has 6 aromatic rings. The van der Waals surface area contributed by atoms with Gasteiger partial charge in [0.1, 0.15) is 17.1 Å². The number of hydrogen-bond acceptors (Lipinski definition) is 4. The molecule has 0 unspecified atom stereocenters. The minimum absolute atomic E-state index is 0. The van der Waals surface area contributed by atoms with Crippen molar-refractivity contribution in [3.05, 3.63) is 96.7 Å². The Hall–Kier alpha value is -3.14. The summed E-state index contributed by atoms with van der Waals surface area (Å²) in [5, 5.41) is 14.2. The first-order valence-corrected chi connectivity index (χ1v) is 11.7. The minimum Gasteiger partial charge on any atom is -0.506 e. The molecular weight excluding hydrogens is 621 g/mol. The number of phenolic OH excluding ortho intramolecular Hbond substituents is 1. The van der Waals surface area contributed by atoms with E-state index in [1.54, 1.807) is 6.07 Å². The van der Waals surface area contributed by atoms with Gasteiger partial charge in [-0.25, -0.2) is 9.97 Å². The van der Waals surface area contributed by atoms with Crippen LogP contribution < -0.4 is 0 Å². The maximum Gasteiger partial charge on any atom is 0.141 e. The molecule has 0 radical (unpaired) electrons. The molecule has 0 aliphatic carbocycles. The third-order valence-electron chi connectivity index (χ3n) is 5.89. The Bertz CT molecular complexity index is 1660. The second-order valence-corrected chi connectivity index (χ2v) is 8.98. The van der Waals surface area contributed by atoms with Crippen molar-refractivity contribution in [1.29, 1.82) is 0 Å². The molecule has 3 heterocycles. The van der Waals surface area contributed by atoms with Gasteiger partial charge < -0.3 is 9.67 Å². The summed E-state index contributed by atoms with van der Waals surface area (Å²) in [6.45, 7) is 2.15. The van der Waals surface area contributed by atoms with Gasteiger partial charge in [0, 0.05) is 38.2 Å². The Morgan fingerprint density at radius 2 is 1.82 bits per heavy atom. The van der Waals surface area contributed by atoms with Gasteiger partial charge >= 0.3 is 0 Å². The molecule has 170 valence electrons. The first-order valence-electron chi connectivity index (χ1n) is 10.9. The SMILES string of the molecule is CCc1ccnc(-n2c3[c-]c(Sc4ccc5cccc(O)c5n4)ccc3c3ccccc32)c1.[Pt]. The molecule has 1 N–H and O–H groups in total. The third kappa shape index (κ3) is 3.89. The van der Waals surface area contributed by atoms with Crippen LogP contribution in [-0.4, -0.2) is 19.6 Å². The van der Waals surface area contributed by atoms with Crippen molar-refractivity contribution < 1.29 is 26.2 Å². The fraction of sp³-hybridized carbons (Fsp3) is 0.0714. The molecule has 0 fully saturated rings. The molecule has 0 atom stereocenters. The van der Waals surface area contributed by atoms with Gasteiger partial charge in [0.2, 0.25) is 0 Å². The number of rotatable bonds is 4. The molecule has 3 aromatic carbocycles. The van der Waals surface area contributed by atoms with Crippen LogP contribution in [0.3, 0.4) is 0 Å². The largest absolute Gasteiger partial charge is 0.506 e. The fourth-order valence-electron chi connectivity index (χ4n) is 4.26. The molecule has 0 aliphatic heterocycles. The van der Waals surface area contributed by atoms with Crippen molar-refractivity contribution in [3.8, 4) is 11.6 Å². The molecule has 0 saturated carbocycles. The Balaban J connectivity index is 0.00000241. The smallest absolute Gasteiger partial charge is 0.141 e. The normalized spacial score (nSPS) is 11.2. The van der Waals surface area contributed by atoms with Crippen LogP contribution in [0.25, 0.3) is 38.5 Å². The van der Waals surface area contributed by atoms with Gasteiger partial charge in [0.25, 0.3) is 0 Å². The zero-order valence-corrected chi connectivity index (χ0v) is 21.4. The van der Waals surface area contributed by atoms with Crippen LogP contribution in [0.2, 0.25) is 0 Å². The topological polar surface area (TPSA) is 50.9 Å². The molecule has 0 spiro atoms. The number of aromatic hydroxyl groups is 1. The molecule has 4 nitrogen and oxygen atoms in total. The molecular formula is C28H20N3OPtS-. The van der Waals surface area contributed by atoms with Gasteiger partial charge in [0.15, 0.2) is 0 Å². The predicted molar refractivity (Wildman–Crippen MR) is 134 cm³/mol. The summed E-state index contributed by atoms with van der Waals surface area (Å²) in [6.07, 6.45) is 2.83. The first kappa shape index (κ1) is 22.6. The second-order valence-electron chi connectivity index (χ2n) is 7.91. The predicted octanol–water partition coefficient (Wildman–Crippen LogP) is 6.94. The summed E-state index contributed by atoms with van der Waals surface area (Å²) in [4.78, 5) is 10.3. The third-order valence-corrected chi connectivity index (χ3v) is 6.79. The number of aryl methyl sites for hydroxylation is 1. The van der Waals surface area contributed by atoms with Gasteiger partial charge in [-0.2, -0.15) is 12.1 Å². The van der Waals surface area contributed by atoms with E-state index in [1.807, 2.05) is 30.5 Å². The summed E-state index contributed by atoms with van der Waals surface area (Å²) in [6, 6.07) is 29.9. The average molecular weight is 642 g/mol. The van der Waals surface area contributed by atoms with Crippen LogP contribution in [0.15, 0.2) is 95.0 Å². The van der Waals surface area contributed by atoms with Crippen LogP contribution >= 0.6 is 11.8 Å². The van der Waals surface area contributed by atoms with Gasteiger partial charge in [-0.1, -0.05) is 59.4 Å². The number of aromatic nitrogens is 3. The Labute approximate surface area is 215 Å². The van der Waals surface area contributed by atoms with E-state index in [1.165, 1.54) is 22.7 Å². The van der Waals surface area contributed by atoms with Crippen LogP contribution in [0.4, 0.5) is 0 Å². The maximum atomic E-state index is 10.2. The quantitative estimate of drug-likeness (QED) is 0.212. The van der Waals surface area contributed by atoms with Crippen LogP contribution in [-0.2, 0) is 27.5 Å². The van der Waals surface area contributed by atoms with E-state index in [0.717, 1.165) is 44.0 Å². The number of phenols is 1. The zero-order chi connectivity index (χ0) is 22.4. The van der Waals surface area contributed by atoms with Crippen molar-refractivity contribution in [1.82, 2.24) is 14.5 Å². The summed E-state index contributed by atoms with van der Waals surface area (Å²) in [7, 11) is 0. The zero-order valence-electron chi connectivity index (χ0n) is 18.3. The average Bonchev–Trinajstić information content (AvgIpc) is 3.18. The van der Waals surface area contributed by atoms with Crippen LogP contribution in [0.1, 0.15) is 12.5 Å². The van der Waals surface area contributed by atoms with E-state index in [-0.39, 0.29) is 26.8 Å². The molecule has 34 heavy (non-hydrogen) atoms. The van der Waals surface area contributed by atoms with Crippen molar-refractivity contribution in [2.45, 2.75) is 23.3 Å². The number of nitrogens with zero attached hydrogens (tertiary/aromatic N) is 3. The maximum absolute atomic E-state index is 10.2. The summed E-state index contributed by atoms with van der Waals surface area (Å²) in [5.74, 6) is 1.09. The van der Waals surface area contributed by atoms with E-state index in [4.69, 9.17) is 0 Å². The van der Waals surface area contributed by atoms with Gasteiger partial charge in [-0.3, -0.25) is 0 Å². The van der Waals surface area contributed by atoms with E-state index in [9.17, 15) is 5.11 Å². The van der Waals surface area contributed by atoms with Crippen molar-refractivity contribution in [2.24, 2.45) is 0 Å². The van der Waals surface area contributed by atoms with Crippen molar-refractivity contribution in [2.75, 3.05) is 0 Å². The Morgan fingerprint density at radius 1 is 0.941 bits per heavy atom. The number of fused-ring (bicyclic) bond motifs is 4. The molecule has 0 saturated heterocycles. The Morgan fingerprint density at radius 3 is 2.71 bits per heavy atom. The monoisotopic (exact) mass is 641 g/mol. The van der Waals surface area contributed by atoms with Crippen molar-refractivity contribution >= 4 is 44.5 Å². The molecule has 0 aliphatic rings. The number of benzene rings is 3. The standard InChI is InChI=1S/C28H20N3OS.Pt/c1-2-18-14-15-29-26(16-18)31-23-8-4-3-7-21(23)22-12-11-20(17-24(22)31)33-27-13-10-19-6-5-9-25(32)28(19)30-27;/h3-16,32H,2H2,1H3;/q-1;. The van der Waals surface area contributed by atoms with E-state index >= 15 is 0 Å². The van der Waals surface area contributed by atoms with Crippen molar-refractivity contribution in [3.63, 3.8) is 0 Å². The van der Waals surface area contributed by atoms with Gasteiger partial charge in [-0.15, -0.1) is 11.5 Å². The number of pyridine rings is 2. The Kier molecular flexibility index (Phi) is 6.16. The summed E-state index contributed by atoms with van der Waals surface area (Å²) >= 11 is 1.54. The molecule has 0 bridgehead atoms. The van der Waals surface area contributed by atoms with Gasteiger partial charge in [-0.05, 0) is 53.8 Å². The fourth-order valence-corrected chi connectivity index (χ4v) is 5.04. The molecule has 6 heteroatoms. The molecule has 3 aromatic heterocycles. The van der Waals surface area contributed by atoms with Gasteiger partial charge in [0.05, 0.1) is 5.03 Å². The van der Waals surface area contributed by atoms with Crippen LogP contribution in [0.5, 0.6) is 5.75 Å². The molecule has 0 amide bonds. The first-order chi connectivity index (χ1) is 16.2. The van der Waals surface area contributed by atoms with E-state index in [0.29, 0.717) is 5.52 Å². The summed E-state index contributed by atoms with van der Waals surface area (Å²) in [5.41, 5.74) is 3.96. The minimum atomic E-state index is 0. The number of hydrogen-bond donors (Lipinski definition) is 1. The van der Waals surface area contributed by atoms with Crippen LogP contribution in [0, 0.1) is 6.07 Å².